The molecule has 1 aliphatic heterocycles. The Balaban J connectivity index is 1.55. The second kappa shape index (κ2) is 7.93. The molecule has 0 unspecified atom stereocenters. The van der Waals surface area contributed by atoms with Gasteiger partial charge in [0.15, 0.2) is 0 Å². The number of hydrogen-bond acceptors (Lipinski definition) is 4. The van der Waals surface area contributed by atoms with E-state index in [0.29, 0.717) is 21.4 Å². The van der Waals surface area contributed by atoms with E-state index < -0.39 is 0 Å². The van der Waals surface area contributed by atoms with Crippen molar-refractivity contribution in [3.8, 4) is 11.3 Å². The summed E-state index contributed by atoms with van der Waals surface area (Å²) < 4.78 is 5.89. The number of aryl methyl sites for hydroxylation is 2. The molecule has 1 aromatic heterocycles. The maximum Gasteiger partial charge on any atom is 0.293 e. The van der Waals surface area contributed by atoms with Crippen LogP contribution in [-0.2, 0) is 11.3 Å². The van der Waals surface area contributed by atoms with Crippen LogP contribution in [0.25, 0.3) is 17.4 Å². The fourth-order valence-electron chi connectivity index (χ4n) is 3.08. The molecule has 0 radical (unpaired) electrons. The monoisotopic (exact) mass is 423 g/mol. The summed E-state index contributed by atoms with van der Waals surface area (Å²) in [5.74, 6) is 0.868. The summed E-state index contributed by atoms with van der Waals surface area (Å²) in [5, 5.41) is 0.347. The van der Waals surface area contributed by atoms with Crippen molar-refractivity contribution in [3.05, 3.63) is 87.0 Å². The number of thioether (sulfide) groups is 1. The minimum absolute atomic E-state index is 0.257. The first-order valence-corrected chi connectivity index (χ1v) is 10.3. The smallest absolute Gasteiger partial charge is 0.293 e. The molecule has 0 N–H and O–H groups in total. The highest BCUT2D eigenvalue weighted by Crippen LogP contribution is 2.35. The summed E-state index contributed by atoms with van der Waals surface area (Å²) in [6.07, 6.45) is 1.61. The predicted molar refractivity (Wildman–Crippen MR) is 117 cm³/mol. The van der Waals surface area contributed by atoms with Crippen LogP contribution in [0.1, 0.15) is 22.5 Å². The van der Waals surface area contributed by atoms with Crippen LogP contribution in [0.2, 0.25) is 5.02 Å². The molecule has 3 aromatic rings. The molecule has 4 rings (SSSR count). The van der Waals surface area contributed by atoms with Crippen molar-refractivity contribution in [3.63, 3.8) is 0 Å². The van der Waals surface area contributed by atoms with Gasteiger partial charge in [0.2, 0.25) is 0 Å². The fourth-order valence-corrected chi connectivity index (χ4v) is 4.07. The van der Waals surface area contributed by atoms with Crippen LogP contribution in [0.15, 0.2) is 63.9 Å². The molecule has 2 heterocycles. The third-order valence-corrected chi connectivity index (χ3v) is 5.84. The molecule has 146 valence electrons. The summed E-state index contributed by atoms with van der Waals surface area (Å²) >= 11 is 7.02. The highest BCUT2D eigenvalue weighted by molar-refractivity contribution is 8.18. The Morgan fingerprint density at radius 1 is 1.03 bits per heavy atom. The lowest BCUT2D eigenvalue weighted by Gasteiger charge is -2.12. The molecule has 0 atom stereocenters. The third-order valence-electron chi connectivity index (χ3n) is 4.70. The van der Waals surface area contributed by atoms with Gasteiger partial charge < -0.3 is 4.42 Å². The number of carbonyl (C=O) groups excluding carboxylic acids is 2. The standard InChI is InChI=1S/C23H18ClNO3S/c1-14-3-6-16(7-4-14)13-25-22(26)21(29-23(25)27)12-18-9-10-20(28-18)19-11-17(24)8-5-15(19)2/h3-12H,13H2,1-2H3/b21-12-. The molecule has 0 saturated carbocycles. The van der Waals surface area contributed by atoms with Gasteiger partial charge in [-0.25, -0.2) is 0 Å². The van der Waals surface area contributed by atoms with E-state index in [1.165, 1.54) is 4.90 Å². The van der Waals surface area contributed by atoms with Crippen molar-refractivity contribution < 1.29 is 14.0 Å². The highest BCUT2D eigenvalue weighted by Gasteiger charge is 2.35. The zero-order valence-electron chi connectivity index (χ0n) is 15.9. The molecule has 2 amide bonds. The van der Waals surface area contributed by atoms with Gasteiger partial charge in [-0.15, -0.1) is 0 Å². The summed E-state index contributed by atoms with van der Waals surface area (Å²) in [6, 6.07) is 17.0. The number of nitrogens with zero attached hydrogens (tertiary/aromatic N) is 1. The molecule has 29 heavy (non-hydrogen) atoms. The van der Waals surface area contributed by atoms with Crippen molar-refractivity contribution in [2.24, 2.45) is 0 Å². The van der Waals surface area contributed by atoms with Gasteiger partial charge in [0.1, 0.15) is 11.5 Å². The highest BCUT2D eigenvalue weighted by atomic mass is 35.5. The molecule has 2 aromatic carbocycles. The Labute approximate surface area is 178 Å². The topological polar surface area (TPSA) is 50.5 Å². The quantitative estimate of drug-likeness (QED) is 0.452. The van der Waals surface area contributed by atoms with Gasteiger partial charge in [-0.2, -0.15) is 0 Å². The third kappa shape index (κ3) is 4.16. The Morgan fingerprint density at radius 3 is 2.55 bits per heavy atom. The maximum absolute atomic E-state index is 12.7. The summed E-state index contributed by atoms with van der Waals surface area (Å²) in [6.45, 7) is 4.23. The SMILES string of the molecule is Cc1ccc(CN2C(=O)S/C(=C\c3ccc(-c4cc(Cl)ccc4C)o3)C2=O)cc1. The van der Waals surface area contributed by atoms with Crippen LogP contribution in [-0.4, -0.2) is 16.0 Å². The predicted octanol–water partition coefficient (Wildman–Crippen LogP) is 6.45. The number of hydrogen-bond donors (Lipinski definition) is 0. The van der Waals surface area contributed by atoms with Crippen LogP contribution < -0.4 is 0 Å². The van der Waals surface area contributed by atoms with E-state index in [1.807, 2.05) is 62.4 Å². The molecule has 0 aliphatic carbocycles. The minimum Gasteiger partial charge on any atom is -0.457 e. The van der Waals surface area contributed by atoms with Crippen LogP contribution in [0.4, 0.5) is 4.79 Å². The molecule has 0 bridgehead atoms. The molecule has 1 saturated heterocycles. The van der Waals surface area contributed by atoms with Crippen molar-refractivity contribution in [2.45, 2.75) is 20.4 Å². The Bertz CT molecular complexity index is 1130. The molecular weight excluding hydrogens is 406 g/mol. The second-order valence-corrected chi connectivity index (χ2v) is 8.34. The lowest BCUT2D eigenvalue weighted by molar-refractivity contribution is -0.123. The lowest BCUT2D eigenvalue weighted by atomic mass is 10.1. The van der Waals surface area contributed by atoms with Crippen LogP contribution in [0, 0.1) is 13.8 Å². The summed E-state index contributed by atoms with van der Waals surface area (Å²) in [7, 11) is 0. The lowest BCUT2D eigenvalue weighted by Crippen LogP contribution is -2.27. The zero-order valence-corrected chi connectivity index (χ0v) is 17.5. The van der Waals surface area contributed by atoms with Crippen molar-refractivity contribution in [2.75, 3.05) is 0 Å². The molecule has 1 fully saturated rings. The zero-order chi connectivity index (χ0) is 20.5. The van der Waals surface area contributed by atoms with E-state index in [0.717, 1.165) is 34.0 Å². The Kier molecular flexibility index (Phi) is 5.35. The van der Waals surface area contributed by atoms with Crippen LogP contribution in [0.5, 0.6) is 0 Å². The molecule has 4 nitrogen and oxygen atoms in total. The Hall–Kier alpha value is -2.76. The molecule has 6 heteroatoms. The van der Waals surface area contributed by atoms with Gasteiger partial charge in [-0.3, -0.25) is 14.5 Å². The molecular formula is C23H18ClNO3S. The first-order chi connectivity index (χ1) is 13.9. The Morgan fingerprint density at radius 2 is 1.79 bits per heavy atom. The molecule has 0 spiro atoms. The van der Waals surface area contributed by atoms with Gasteiger partial charge in [0, 0.05) is 16.7 Å². The van der Waals surface area contributed by atoms with Gasteiger partial charge in [0.05, 0.1) is 11.4 Å². The number of furan rings is 1. The van der Waals surface area contributed by atoms with E-state index in [2.05, 4.69) is 0 Å². The summed E-state index contributed by atoms with van der Waals surface area (Å²) in [4.78, 5) is 26.7. The number of rotatable bonds is 4. The van der Waals surface area contributed by atoms with E-state index in [9.17, 15) is 9.59 Å². The van der Waals surface area contributed by atoms with Gasteiger partial charge in [0.25, 0.3) is 11.1 Å². The second-order valence-electron chi connectivity index (χ2n) is 6.91. The number of carbonyl (C=O) groups is 2. The van der Waals surface area contributed by atoms with Crippen molar-refractivity contribution in [1.82, 2.24) is 4.90 Å². The van der Waals surface area contributed by atoms with E-state index in [-0.39, 0.29) is 17.7 Å². The first kappa shape index (κ1) is 19.6. The van der Waals surface area contributed by atoms with Crippen LogP contribution in [0.3, 0.4) is 0 Å². The van der Waals surface area contributed by atoms with Gasteiger partial charge in [-0.1, -0.05) is 47.5 Å². The molecule has 1 aliphatic rings. The van der Waals surface area contributed by atoms with Gasteiger partial charge in [-0.05, 0) is 61.0 Å². The van der Waals surface area contributed by atoms with E-state index >= 15 is 0 Å². The minimum atomic E-state index is -0.308. The average molecular weight is 424 g/mol. The number of imide groups is 1. The number of amides is 2. The van der Waals surface area contributed by atoms with E-state index in [4.69, 9.17) is 16.0 Å². The maximum atomic E-state index is 12.7. The van der Waals surface area contributed by atoms with Crippen LogP contribution >= 0.6 is 23.4 Å². The number of benzene rings is 2. The number of halogens is 1. The summed E-state index contributed by atoms with van der Waals surface area (Å²) in [5.41, 5.74) is 3.97. The fraction of sp³-hybridized carbons (Fsp3) is 0.130. The van der Waals surface area contributed by atoms with Crippen molar-refractivity contribution in [1.29, 1.82) is 0 Å². The van der Waals surface area contributed by atoms with Gasteiger partial charge >= 0.3 is 0 Å². The largest absolute Gasteiger partial charge is 0.457 e. The van der Waals surface area contributed by atoms with Crippen molar-refractivity contribution >= 4 is 40.6 Å². The normalized spacial score (nSPS) is 15.6. The average Bonchev–Trinajstić information content (AvgIpc) is 3.26. The first-order valence-electron chi connectivity index (χ1n) is 9.08. The van der Waals surface area contributed by atoms with E-state index in [1.54, 1.807) is 12.1 Å².